The Morgan fingerprint density at radius 3 is 2.31 bits per heavy atom. The summed E-state index contributed by atoms with van der Waals surface area (Å²) in [7, 11) is 0. The summed E-state index contributed by atoms with van der Waals surface area (Å²) in [6.07, 6.45) is -0.350. The average molecular weight is 406 g/mol. The number of aromatic amines is 1. The van der Waals surface area contributed by atoms with Crippen LogP contribution in [-0.4, -0.2) is 27.2 Å². The van der Waals surface area contributed by atoms with Gasteiger partial charge in [-0.05, 0) is 24.1 Å². The Hall–Kier alpha value is -3.66. The molecule has 5 N–H and O–H groups in total. The molecule has 0 radical (unpaired) electrons. The molecule has 0 spiro atoms. The topological polar surface area (TPSA) is 139 Å². The molecule has 2 aromatic carbocycles. The van der Waals surface area contributed by atoms with Gasteiger partial charge in [-0.25, -0.2) is 13.6 Å². The molecule has 0 aliphatic rings. The van der Waals surface area contributed by atoms with Crippen LogP contribution in [0.25, 0.3) is 0 Å². The third kappa shape index (κ3) is 4.79. The lowest BCUT2D eigenvalue weighted by molar-refractivity contribution is -0.138. The van der Waals surface area contributed by atoms with Crippen LogP contribution < -0.4 is 16.2 Å². The van der Waals surface area contributed by atoms with Crippen molar-refractivity contribution in [3.05, 3.63) is 75.5 Å². The van der Waals surface area contributed by atoms with Gasteiger partial charge in [0, 0.05) is 24.1 Å². The summed E-state index contributed by atoms with van der Waals surface area (Å²) in [5, 5.41) is 18.3. The molecule has 0 saturated carbocycles. The standard InChI is InChI=1S/C19H16F2N2O6/c20-13-6-11(7-14(21)12(13)8-16-17(24)23-19(27)29-16)28-10-3-1-9(2-4-10)5-15(22)18(25)26/h1-4,6-7,15,24H,5,8,22H2,(H,23,27)(H,25,26). The lowest BCUT2D eigenvalue weighted by Crippen LogP contribution is -2.32. The number of hydrogen-bond donors (Lipinski definition) is 4. The van der Waals surface area contributed by atoms with Gasteiger partial charge in [0.2, 0.25) is 5.88 Å². The summed E-state index contributed by atoms with van der Waals surface area (Å²) in [4.78, 5) is 23.8. The molecule has 152 valence electrons. The number of aromatic nitrogens is 1. The van der Waals surface area contributed by atoms with Crippen molar-refractivity contribution in [3.8, 4) is 17.4 Å². The quantitative estimate of drug-likeness (QED) is 0.472. The van der Waals surface area contributed by atoms with Crippen LogP contribution in [-0.2, 0) is 17.6 Å². The molecule has 0 bridgehead atoms. The Kier molecular flexibility index (Phi) is 5.64. The third-order valence-corrected chi connectivity index (χ3v) is 4.08. The van der Waals surface area contributed by atoms with E-state index in [1.807, 2.05) is 4.98 Å². The minimum absolute atomic E-state index is 0.113. The number of rotatable bonds is 7. The van der Waals surface area contributed by atoms with E-state index in [1.165, 1.54) is 12.1 Å². The first-order valence-electron chi connectivity index (χ1n) is 8.37. The molecule has 8 nitrogen and oxygen atoms in total. The van der Waals surface area contributed by atoms with Crippen molar-refractivity contribution in [2.75, 3.05) is 0 Å². The SMILES string of the molecule is NC(Cc1ccc(Oc2cc(F)c(Cc3oc(=O)[nH]c3O)c(F)c2)cc1)C(=O)O. The van der Waals surface area contributed by atoms with E-state index in [-0.39, 0.29) is 23.7 Å². The zero-order valence-electron chi connectivity index (χ0n) is 14.8. The summed E-state index contributed by atoms with van der Waals surface area (Å²) in [5.74, 6) is -4.69. The first-order chi connectivity index (χ1) is 13.7. The number of hydrogen-bond acceptors (Lipinski definition) is 6. The smallest absolute Gasteiger partial charge is 0.419 e. The molecule has 1 atom stereocenters. The predicted molar refractivity (Wildman–Crippen MR) is 96.0 cm³/mol. The normalized spacial score (nSPS) is 12.0. The van der Waals surface area contributed by atoms with Crippen LogP contribution in [0.15, 0.2) is 45.6 Å². The molecule has 3 rings (SSSR count). The Balaban J connectivity index is 1.74. The molecule has 0 aliphatic heterocycles. The summed E-state index contributed by atoms with van der Waals surface area (Å²) in [6.45, 7) is 0. The van der Waals surface area contributed by atoms with Crippen molar-refractivity contribution >= 4 is 5.97 Å². The van der Waals surface area contributed by atoms with E-state index in [0.717, 1.165) is 12.1 Å². The van der Waals surface area contributed by atoms with E-state index in [4.69, 9.17) is 15.6 Å². The van der Waals surface area contributed by atoms with Crippen molar-refractivity contribution in [3.63, 3.8) is 0 Å². The number of nitrogens with two attached hydrogens (primary N) is 1. The molecule has 29 heavy (non-hydrogen) atoms. The van der Waals surface area contributed by atoms with E-state index in [9.17, 15) is 23.5 Å². The number of carboxylic acids is 1. The number of carboxylic acid groups (broad SMARTS) is 1. The number of aromatic hydroxyl groups is 1. The van der Waals surface area contributed by atoms with Crippen LogP contribution in [0, 0.1) is 11.6 Å². The Labute approximate surface area is 162 Å². The van der Waals surface area contributed by atoms with Gasteiger partial charge in [-0.1, -0.05) is 12.1 Å². The van der Waals surface area contributed by atoms with E-state index >= 15 is 0 Å². The maximum Gasteiger partial charge on any atom is 0.419 e. The second-order valence-electron chi connectivity index (χ2n) is 6.22. The van der Waals surface area contributed by atoms with Gasteiger partial charge in [0.15, 0.2) is 5.76 Å². The fourth-order valence-electron chi connectivity index (χ4n) is 2.61. The van der Waals surface area contributed by atoms with Gasteiger partial charge in [-0.3, -0.25) is 9.78 Å². The molecule has 1 heterocycles. The van der Waals surface area contributed by atoms with Gasteiger partial charge in [0.1, 0.15) is 29.2 Å². The molecule has 1 aromatic heterocycles. The van der Waals surface area contributed by atoms with Crippen LogP contribution in [0.2, 0.25) is 0 Å². The second kappa shape index (κ2) is 8.15. The third-order valence-electron chi connectivity index (χ3n) is 4.08. The van der Waals surface area contributed by atoms with Crippen molar-refractivity contribution < 1.29 is 32.9 Å². The number of H-pyrrole nitrogens is 1. The van der Waals surface area contributed by atoms with Gasteiger partial charge in [-0.15, -0.1) is 0 Å². The monoisotopic (exact) mass is 406 g/mol. The summed E-state index contributed by atoms with van der Waals surface area (Å²) in [5.41, 5.74) is 5.72. The molecule has 10 heteroatoms. The molecular formula is C19H16F2N2O6. The van der Waals surface area contributed by atoms with Crippen LogP contribution in [0.1, 0.15) is 16.9 Å². The number of carbonyl (C=O) groups is 1. The number of ether oxygens (including phenoxy) is 1. The average Bonchev–Trinajstić information content (AvgIpc) is 2.97. The Morgan fingerprint density at radius 1 is 1.17 bits per heavy atom. The van der Waals surface area contributed by atoms with Crippen LogP contribution in [0.3, 0.4) is 0 Å². The van der Waals surface area contributed by atoms with Crippen LogP contribution >= 0.6 is 0 Å². The van der Waals surface area contributed by atoms with Gasteiger partial charge in [-0.2, -0.15) is 0 Å². The second-order valence-corrected chi connectivity index (χ2v) is 6.22. The van der Waals surface area contributed by atoms with E-state index < -0.39 is 47.3 Å². The van der Waals surface area contributed by atoms with Gasteiger partial charge < -0.3 is 25.1 Å². The van der Waals surface area contributed by atoms with Crippen LogP contribution in [0.5, 0.6) is 17.4 Å². The molecule has 0 fully saturated rings. The lowest BCUT2D eigenvalue weighted by atomic mass is 10.1. The summed E-state index contributed by atoms with van der Waals surface area (Å²) >= 11 is 0. The number of aliphatic carboxylic acids is 1. The van der Waals surface area contributed by atoms with Crippen molar-refractivity contribution in [1.82, 2.24) is 4.98 Å². The largest absolute Gasteiger partial charge is 0.492 e. The Bertz CT molecular complexity index is 1070. The fraction of sp³-hybridized carbons (Fsp3) is 0.158. The van der Waals surface area contributed by atoms with Crippen molar-refractivity contribution in [2.45, 2.75) is 18.9 Å². The van der Waals surface area contributed by atoms with Crippen LogP contribution in [0.4, 0.5) is 8.78 Å². The fourth-order valence-corrected chi connectivity index (χ4v) is 2.61. The molecular weight excluding hydrogens is 390 g/mol. The number of nitrogens with one attached hydrogen (secondary N) is 1. The Morgan fingerprint density at radius 2 is 1.79 bits per heavy atom. The van der Waals surface area contributed by atoms with E-state index in [2.05, 4.69) is 4.42 Å². The predicted octanol–water partition coefficient (Wildman–Crippen LogP) is 2.29. The number of oxazole rings is 1. The zero-order valence-corrected chi connectivity index (χ0v) is 14.8. The summed E-state index contributed by atoms with van der Waals surface area (Å²) in [6, 6.07) is 7.08. The van der Waals surface area contributed by atoms with E-state index in [0.29, 0.717) is 5.56 Å². The maximum absolute atomic E-state index is 14.3. The molecule has 1 unspecified atom stereocenters. The molecule has 3 aromatic rings. The number of benzene rings is 2. The first kappa shape index (κ1) is 20.1. The maximum atomic E-state index is 14.3. The number of halogens is 2. The molecule has 0 saturated heterocycles. The highest BCUT2D eigenvalue weighted by Crippen LogP contribution is 2.28. The van der Waals surface area contributed by atoms with Crippen molar-refractivity contribution in [2.24, 2.45) is 5.73 Å². The zero-order chi connectivity index (χ0) is 21.1. The van der Waals surface area contributed by atoms with E-state index in [1.54, 1.807) is 12.1 Å². The minimum Gasteiger partial charge on any atom is -0.492 e. The first-order valence-corrected chi connectivity index (χ1v) is 8.37. The van der Waals surface area contributed by atoms with Gasteiger partial charge in [0.05, 0.1) is 0 Å². The highest BCUT2D eigenvalue weighted by atomic mass is 19.1. The highest BCUT2D eigenvalue weighted by molar-refractivity contribution is 5.73. The lowest BCUT2D eigenvalue weighted by Gasteiger charge is -2.10. The molecule has 0 aliphatic carbocycles. The minimum atomic E-state index is -1.12. The van der Waals surface area contributed by atoms with Gasteiger partial charge >= 0.3 is 11.7 Å². The van der Waals surface area contributed by atoms with Crippen molar-refractivity contribution in [1.29, 1.82) is 0 Å². The summed E-state index contributed by atoms with van der Waals surface area (Å²) < 4.78 is 38.7. The highest BCUT2D eigenvalue weighted by Gasteiger charge is 2.18. The molecule has 0 amide bonds. The van der Waals surface area contributed by atoms with Gasteiger partial charge in [0.25, 0.3) is 0 Å².